The highest BCUT2D eigenvalue weighted by Crippen LogP contribution is 2.10. The fraction of sp³-hybridized carbons (Fsp3) is 0.667. The minimum absolute atomic E-state index is 0.0847. The van der Waals surface area contributed by atoms with Crippen LogP contribution in [0.2, 0.25) is 0 Å². The Morgan fingerprint density at radius 1 is 1.08 bits per heavy atom. The van der Waals surface area contributed by atoms with Crippen LogP contribution in [0, 0.1) is 5.41 Å². The quantitative estimate of drug-likeness (QED) is 0.0783. The van der Waals surface area contributed by atoms with E-state index in [2.05, 4.69) is 16.0 Å². The van der Waals surface area contributed by atoms with Gasteiger partial charge in [0.05, 0.1) is 0 Å². The van der Waals surface area contributed by atoms with Crippen LogP contribution in [0.4, 0.5) is 4.79 Å². The number of primary amides is 1. The molecule has 24 heavy (non-hydrogen) atoms. The number of hydrogen-bond acceptors (Lipinski definition) is 6. The van der Waals surface area contributed by atoms with Crippen molar-refractivity contribution in [2.24, 2.45) is 17.2 Å². The summed E-state index contributed by atoms with van der Waals surface area (Å²) in [4.78, 5) is 33.2. The highest BCUT2D eigenvalue weighted by Gasteiger charge is 2.37. The molecule has 0 fully saturated rings. The lowest BCUT2D eigenvalue weighted by atomic mass is 10.0. The molecule has 12 nitrogen and oxygen atoms in total. The standard InChI is InChI=1S/C12H25N7O5/c13-10(14)17-5-1-3-7(8(20)21)19-12(16,9(22)23)4-2-6-18-11(15)24/h7,19H,1-6,16H2,(H,20,21)(H,22,23)(H4,13,14,17)(H3,15,18,24)/t7-,12+/m0/s1. The molecular weight excluding hydrogens is 322 g/mol. The van der Waals surface area contributed by atoms with Gasteiger partial charge in [0.25, 0.3) is 0 Å². The Morgan fingerprint density at radius 3 is 2.12 bits per heavy atom. The molecule has 0 heterocycles. The first-order valence-electron chi connectivity index (χ1n) is 7.22. The van der Waals surface area contributed by atoms with Crippen LogP contribution in [-0.2, 0) is 9.59 Å². The molecule has 0 aromatic rings. The Bertz CT molecular complexity index is 473. The number of nitrogens with one attached hydrogen (secondary N) is 4. The van der Waals surface area contributed by atoms with E-state index in [4.69, 9.17) is 22.6 Å². The first-order chi connectivity index (χ1) is 11.1. The second-order valence-electron chi connectivity index (χ2n) is 5.19. The maximum atomic E-state index is 11.4. The molecule has 0 radical (unpaired) electrons. The second-order valence-corrected chi connectivity index (χ2v) is 5.19. The van der Waals surface area contributed by atoms with Crippen LogP contribution in [0.15, 0.2) is 0 Å². The number of hydrogen-bond donors (Lipinski definition) is 9. The molecule has 12 heteroatoms. The summed E-state index contributed by atoms with van der Waals surface area (Å²) in [5.74, 6) is -2.89. The lowest BCUT2D eigenvalue weighted by Gasteiger charge is -2.29. The van der Waals surface area contributed by atoms with E-state index in [1.807, 2.05) is 0 Å². The van der Waals surface area contributed by atoms with Crippen LogP contribution in [0.25, 0.3) is 0 Å². The number of amides is 2. The van der Waals surface area contributed by atoms with Gasteiger partial charge in [-0.15, -0.1) is 0 Å². The lowest BCUT2D eigenvalue weighted by Crippen LogP contribution is -2.64. The van der Waals surface area contributed by atoms with E-state index in [9.17, 15) is 24.6 Å². The monoisotopic (exact) mass is 347 g/mol. The van der Waals surface area contributed by atoms with Crippen LogP contribution in [0.1, 0.15) is 25.7 Å². The van der Waals surface area contributed by atoms with E-state index >= 15 is 0 Å². The minimum Gasteiger partial charge on any atom is -0.480 e. The van der Waals surface area contributed by atoms with Crippen LogP contribution in [0.3, 0.4) is 0 Å². The number of carboxylic acids is 2. The Labute approximate surface area is 138 Å². The van der Waals surface area contributed by atoms with Crippen molar-refractivity contribution in [2.45, 2.75) is 37.4 Å². The maximum absolute atomic E-state index is 11.4. The number of carboxylic acid groups (broad SMARTS) is 2. The molecule has 0 bridgehead atoms. The van der Waals surface area contributed by atoms with E-state index in [-0.39, 0.29) is 38.3 Å². The van der Waals surface area contributed by atoms with Crippen molar-refractivity contribution in [2.75, 3.05) is 13.1 Å². The predicted octanol–water partition coefficient (Wildman–Crippen LogP) is -2.52. The molecule has 0 aliphatic carbocycles. The molecule has 0 saturated heterocycles. The summed E-state index contributed by atoms with van der Waals surface area (Å²) in [5.41, 5.74) is 13.8. The summed E-state index contributed by atoms with van der Waals surface area (Å²) in [6.45, 7) is 0.386. The summed E-state index contributed by atoms with van der Waals surface area (Å²) in [7, 11) is 0. The number of nitrogens with two attached hydrogens (primary N) is 3. The average molecular weight is 347 g/mol. The van der Waals surface area contributed by atoms with E-state index in [0.29, 0.717) is 6.42 Å². The van der Waals surface area contributed by atoms with Crippen molar-refractivity contribution >= 4 is 23.9 Å². The molecule has 12 N–H and O–H groups in total. The third kappa shape index (κ3) is 8.75. The van der Waals surface area contributed by atoms with E-state index < -0.39 is 29.7 Å². The van der Waals surface area contributed by atoms with Crippen LogP contribution in [-0.4, -0.2) is 58.9 Å². The fourth-order valence-electron chi connectivity index (χ4n) is 1.92. The van der Waals surface area contributed by atoms with Gasteiger partial charge in [0.2, 0.25) is 0 Å². The molecule has 0 spiro atoms. The SMILES string of the molecule is N=C(N)NCCC[C@H](N[C@](N)(CCCNC(N)=O)C(=O)O)C(=O)O. The van der Waals surface area contributed by atoms with E-state index in [0.717, 1.165) is 0 Å². The van der Waals surface area contributed by atoms with Crippen LogP contribution >= 0.6 is 0 Å². The number of aliphatic carboxylic acids is 2. The molecule has 0 aromatic heterocycles. The highest BCUT2D eigenvalue weighted by atomic mass is 16.4. The number of carbonyl (C=O) groups is 3. The molecule has 138 valence electrons. The van der Waals surface area contributed by atoms with Crippen molar-refractivity contribution in [1.82, 2.24) is 16.0 Å². The van der Waals surface area contributed by atoms with Crippen molar-refractivity contribution in [3.8, 4) is 0 Å². The summed E-state index contributed by atoms with van der Waals surface area (Å²) in [5, 5.41) is 32.7. The molecule has 0 rings (SSSR count). The minimum atomic E-state index is -1.96. The van der Waals surface area contributed by atoms with E-state index in [1.54, 1.807) is 0 Å². The Hall–Kier alpha value is -2.60. The Kier molecular flexibility index (Phi) is 9.12. The zero-order chi connectivity index (χ0) is 18.8. The third-order valence-electron chi connectivity index (χ3n) is 3.14. The largest absolute Gasteiger partial charge is 0.480 e. The average Bonchev–Trinajstić information content (AvgIpc) is 2.46. The zero-order valence-electron chi connectivity index (χ0n) is 13.2. The highest BCUT2D eigenvalue weighted by molar-refractivity contribution is 5.80. The van der Waals surface area contributed by atoms with Crippen molar-refractivity contribution in [3.05, 3.63) is 0 Å². The van der Waals surface area contributed by atoms with Gasteiger partial charge >= 0.3 is 18.0 Å². The molecular formula is C12H25N7O5. The molecule has 0 aliphatic heterocycles. The molecule has 0 unspecified atom stereocenters. The number of guanidine groups is 1. The van der Waals surface area contributed by atoms with Gasteiger partial charge in [0.1, 0.15) is 6.04 Å². The van der Waals surface area contributed by atoms with Gasteiger partial charge in [-0.25, -0.2) is 9.59 Å². The van der Waals surface area contributed by atoms with Crippen LogP contribution < -0.4 is 33.2 Å². The van der Waals surface area contributed by atoms with E-state index in [1.165, 1.54) is 0 Å². The van der Waals surface area contributed by atoms with Crippen molar-refractivity contribution in [3.63, 3.8) is 0 Å². The van der Waals surface area contributed by atoms with Gasteiger partial charge in [-0.2, -0.15) is 0 Å². The Balaban J connectivity index is 4.63. The van der Waals surface area contributed by atoms with Gasteiger partial charge in [-0.3, -0.25) is 15.5 Å². The maximum Gasteiger partial charge on any atom is 0.338 e. The smallest absolute Gasteiger partial charge is 0.338 e. The van der Waals surface area contributed by atoms with Crippen molar-refractivity contribution < 1.29 is 24.6 Å². The Morgan fingerprint density at radius 2 is 1.67 bits per heavy atom. The number of urea groups is 1. The summed E-state index contributed by atoms with van der Waals surface area (Å²) in [6.07, 6.45) is 0.499. The number of carbonyl (C=O) groups excluding carboxylic acids is 1. The molecule has 2 atom stereocenters. The summed E-state index contributed by atoms with van der Waals surface area (Å²) in [6, 6.07) is -1.94. The van der Waals surface area contributed by atoms with Gasteiger partial charge < -0.3 is 38.0 Å². The predicted molar refractivity (Wildman–Crippen MR) is 85.1 cm³/mol. The normalized spacial score (nSPS) is 14.2. The van der Waals surface area contributed by atoms with Gasteiger partial charge in [-0.1, -0.05) is 0 Å². The molecule has 0 saturated carbocycles. The molecule has 2 amide bonds. The van der Waals surface area contributed by atoms with Crippen LogP contribution in [0.5, 0.6) is 0 Å². The topological polar surface area (TPSA) is 230 Å². The van der Waals surface area contributed by atoms with Gasteiger partial charge in [0, 0.05) is 13.1 Å². The first-order valence-corrected chi connectivity index (χ1v) is 7.22. The first kappa shape index (κ1) is 21.4. The molecule has 0 aromatic carbocycles. The number of rotatable bonds is 12. The van der Waals surface area contributed by atoms with Gasteiger partial charge in [0.15, 0.2) is 11.6 Å². The summed E-state index contributed by atoms with van der Waals surface area (Å²) >= 11 is 0. The fourth-order valence-corrected chi connectivity index (χ4v) is 1.92. The van der Waals surface area contributed by atoms with Gasteiger partial charge in [-0.05, 0) is 25.7 Å². The van der Waals surface area contributed by atoms with Crippen molar-refractivity contribution in [1.29, 1.82) is 5.41 Å². The second kappa shape index (κ2) is 10.2. The zero-order valence-corrected chi connectivity index (χ0v) is 13.2. The molecule has 0 aliphatic rings. The third-order valence-corrected chi connectivity index (χ3v) is 3.14. The summed E-state index contributed by atoms with van der Waals surface area (Å²) < 4.78 is 0. The lowest BCUT2D eigenvalue weighted by molar-refractivity contribution is -0.147.